The highest BCUT2D eigenvalue weighted by molar-refractivity contribution is 5.96. The zero-order chi connectivity index (χ0) is 20.8. The van der Waals surface area contributed by atoms with E-state index in [-0.39, 0.29) is 24.0 Å². The zero-order valence-electron chi connectivity index (χ0n) is 17.3. The van der Waals surface area contributed by atoms with E-state index in [2.05, 4.69) is 30.5 Å². The van der Waals surface area contributed by atoms with Crippen LogP contribution in [0.2, 0.25) is 0 Å². The van der Waals surface area contributed by atoms with Gasteiger partial charge in [-0.1, -0.05) is 0 Å². The Bertz CT molecular complexity index is 1080. The van der Waals surface area contributed by atoms with Crippen LogP contribution in [0.3, 0.4) is 0 Å². The Kier molecular flexibility index (Phi) is 4.45. The number of hydrogen-bond acceptors (Lipinski definition) is 7. The fourth-order valence-electron chi connectivity index (χ4n) is 4.75. The van der Waals surface area contributed by atoms with Gasteiger partial charge in [-0.05, 0) is 58.2 Å². The fraction of sp³-hybridized carbons (Fsp3) is 0.429. The number of nitrogens with zero attached hydrogens (tertiary/aromatic N) is 7. The van der Waals surface area contributed by atoms with E-state index in [4.69, 9.17) is 0 Å². The summed E-state index contributed by atoms with van der Waals surface area (Å²) < 4.78 is 0. The molecule has 1 N–H and O–H groups in total. The van der Waals surface area contributed by atoms with E-state index in [0.717, 1.165) is 36.3 Å². The lowest BCUT2D eigenvalue weighted by molar-refractivity contribution is 0.0721. The van der Waals surface area contributed by atoms with E-state index in [9.17, 15) is 4.79 Å². The third-order valence-corrected chi connectivity index (χ3v) is 5.92. The van der Waals surface area contributed by atoms with Crippen LogP contribution in [0.15, 0.2) is 30.6 Å². The SMILES string of the molecule is Cc1cc(C)nc(NC2CC3CCC2N3C(=O)c2nc(C)ccc2-n2nccn2)n1. The lowest BCUT2D eigenvalue weighted by atomic mass is 9.96. The molecule has 3 aromatic heterocycles. The number of nitrogens with one attached hydrogen (secondary N) is 1. The van der Waals surface area contributed by atoms with Gasteiger partial charge in [0.1, 0.15) is 5.69 Å². The number of anilines is 1. The second-order valence-corrected chi connectivity index (χ2v) is 8.11. The second-order valence-electron chi connectivity index (χ2n) is 8.11. The largest absolute Gasteiger partial charge is 0.349 e. The van der Waals surface area contributed by atoms with Crippen molar-refractivity contribution in [2.75, 3.05) is 5.32 Å². The molecule has 0 saturated carbocycles. The molecule has 2 saturated heterocycles. The van der Waals surface area contributed by atoms with Crippen molar-refractivity contribution in [2.45, 2.75) is 58.2 Å². The zero-order valence-corrected chi connectivity index (χ0v) is 17.3. The van der Waals surface area contributed by atoms with Gasteiger partial charge in [-0.2, -0.15) is 10.2 Å². The van der Waals surface area contributed by atoms with Gasteiger partial charge in [0.25, 0.3) is 5.91 Å². The van der Waals surface area contributed by atoms with Crippen molar-refractivity contribution in [3.05, 3.63) is 53.4 Å². The normalized spacial score (nSPS) is 22.5. The molecule has 30 heavy (non-hydrogen) atoms. The average molecular weight is 404 g/mol. The standard InChI is InChI=1S/C21H24N8O/c1-12-4-6-18(29-22-8-9-23-29)19(24-12)20(30)28-15-5-7-17(28)16(11-15)27-21-25-13(2)10-14(3)26-21/h4,6,8-10,15-17H,5,7,11H2,1-3H3,(H,25,26,27). The number of rotatable bonds is 4. The summed E-state index contributed by atoms with van der Waals surface area (Å²) in [4.78, 5) is 30.7. The van der Waals surface area contributed by atoms with Gasteiger partial charge in [-0.25, -0.2) is 15.0 Å². The first-order valence-electron chi connectivity index (χ1n) is 10.3. The molecular formula is C21H24N8O. The summed E-state index contributed by atoms with van der Waals surface area (Å²) in [7, 11) is 0. The molecular weight excluding hydrogens is 380 g/mol. The number of carbonyl (C=O) groups is 1. The van der Waals surface area contributed by atoms with Crippen LogP contribution in [-0.4, -0.2) is 58.9 Å². The van der Waals surface area contributed by atoms with Crippen molar-refractivity contribution in [1.29, 1.82) is 0 Å². The van der Waals surface area contributed by atoms with Crippen molar-refractivity contribution in [3.63, 3.8) is 0 Å². The Morgan fingerprint density at radius 2 is 1.73 bits per heavy atom. The molecule has 0 spiro atoms. The quantitative estimate of drug-likeness (QED) is 0.711. The molecule has 3 unspecified atom stereocenters. The smallest absolute Gasteiger partial charge is 0.275 e. The van der Waals surface area contributed by atoms with E-state index < -0.39 is 0 Å². The third-order valence-electron chi connectivity index (χ3n) is 5.92. The molecule has 2 aliphatic heterocycles. The molecule has 1 amide bonds. The van der Waals surface area contributed by atoms with Crippen LogP contribution in [-0.2, 0) is 0 Å². The molecule has 9 nitrogen and oxygen atoms in total. The summed E-state index contributed by atoms with van der Waals surface area (Å²) in [5, 5.41) is 11.9. The number of carbonyl (C=O) groups excluding carboxylic acids is 1. The molecule has 2 bridgehead atoms. The Morgan fingerprint density at radius 3 is 2.47 bits per heavy atom. The maximum absolute atomic E-state index is 13.6. The van der Waals surface area contributed by atoms with Crippen LogP contribution >= 0.6 is 0 Å². The highest BCUT2D eigenvalue weighted by Gasteiger charge is 2.49. The number of amides is 1. The summed E-state index contributed by atoms with van der Waals surface area (Å²) in [6.45, 7) is 5.81. The van der Waals surface area contributed by atoms with Crippen molar-refractivity contribution in [1.82, 2.24) is 34.8 Å². The predicted octanol–water partition coefficient (Wildman–Crippen LogP) is 2.24. The first-order valence-corrected chi connectivity index (χ1v) is 10.3. The van der Waals surface area contributed by atoms with Gasteiger partial charge in [0.05, 0.1) is 24.5 Å². The number of aromatic nitrogens is 6. The summed E-state index contributed by atoms with van der Waals surface area (Å²) >= 11 is 0. The van der Waals surface area contributed by atoms with Crippen molar-refractivity contribution >= 4 is 11.9 Å². The molecule has 2 fully saturated rings. The number of hydrogen-bond donors (Lipinski definition) is 1. The number of pyridine rings is 1. The molecule has 2 aliphatic rings. The van der Waals surface area contributed by atoms with Crippen LogP contribution in [0.5, 0.6) is 0 Å². The molecule has 154 valence electrons. The van der Waals surface area contributed by atoms with Gasteiger partial charge in [0.15, 0.2) is 5.69 Å². The van der Waals surface area contributed by atoms with E-state index in [1.54, 1.807) is 12.4 Å². The van der Waals surface area contributed by atoms with E-state index in [0.29, 0.717) is 17.3 Å². The summed E-state index contributed by atoms with van der Waals surface area (Å²) in [5.74, 6) is 0.566. The van der Waals surface area contributed by atoms with Crippen LogP contribution in [0.25, 0.3) is 5.69 Å². The topological polar surface area (TPSA) is 102 Å². The molecule has 0 aromatic carbocycles. The maximum atomic E-state index is 13.6. The van der Waals surface area contributed by atoms with Crippen LogP contribution < -0.4 is 5.32 Å². The van der Waals surface area contributed by atoms with E-state index in [1.807, 2.05) is 43.9 Å². The van der Waals surface area contributed by atoms with Crippen LogP contribution in [0.1, 0.15) is 46.8 Å². The lowest BCUT2D eigenvalue weighted by Crippen LogP contribution is -2.41. The molecule has 3 atom stereocenters. The van der Waals surface area contributed by atoms with Gasteiger partial charge in [-0.15, -0.1) is 4.80 Å². The minimum atomic E-state index is -0.0656. The summed E-state index contributed by atoms with van der Waals surface area (Å²) in [6.07, 6.45) is 6.03. The van der Waals surface area contributed by atoms with Crippen LogP contribution in [0, 0.1) is 20.8 Å². The highest BCUT2D eigenvalue weighted by Crippen LogP contribution is 2.40. The molecule has 0 aliphatic carbocycles. The van der Waals surface area contributed by atoms with Gasteiger partial charge in [-0.3, -0.25) is 4.79 Å². The Balaban J connectivity index is 1.43. The van der Waals surface area contributed by atoms with E-state index in [1.165, 1.54) is 4.80 Å². The van der Waals surface area contributed by atoms with Crippen LogP contribution in [0.4, 0.5) is 5.95 Å². The number of fused-ring (bicyclic) bond motifs is 2. The predicted molar refractivity (Wildman–Crippen MR) is 110 cm³/mol. The maximum Gasteiger partial charge on any atom is 0.275 e. The van der Waals surface area contributed by atoms with Gasteiger partial charge in [0.2, 0.25) is 5.95 Å². The molecule has 5 heterocycles. The van der Waals surface area contributed by atoms with E-state index >= 15 is 0 Å². The number of aryl methyl sites for hydroxylation is 3. The summed E-state index contributed by atoms with van der Waals surface area (Å²) in [5.41, 5.74) is 3.65. The minimum absolute atomic E-state index is 0.0656. The second kappa shape index (κ2) is 7.16. The van der Waals surface area contributed by atoms with Gasteiger partial charge < -0.3 is 10.2 Å². The Hall–Kier alpha value is -3.36. The van der Waals surface area contributed by atoms with Crippen molar-refractivity contribution in [2.24, 2.45) is 0 Å². The van der Waals surface area contributed by atoms with Gasteiger partial charge in [0, 0.05) is 23.1 Å². The molecule has 0 radical (unpaired) electrons. The first-order chi connectivity index (χ1) is 14.5. The average Bonchev–Trinajstić information content (AvgIpc) is 3.43. The molecule has 3 aromatic rings. The molecule has 5 rings (SSSR count). The van der Waals surface area contributed by atoms with Crippen molar-refractivity contribution in [3.8, 4) is 5.69 Å². The third kappa shape index (κ3) is 3.20. The van der Waals surface area contributed by atoms with Crippen molar-refractivity contribution < 1.29 is 4.79 Å². The fourth-order valence-corrected chi connectivity index (χ4v) is 4.75. The minimum Gasteiger partial charge on any atom is -0.349 e. The van der Waals surface area contributed by atoms with Gasteiger partial charge >= 0.3 is 0 Å². The lowest BCUT2D eigenvalue weighted by Gasteiger charge is -2.25. The first kappa shape index (κ1) is 18.7. The monoisotopic (exact) mass is 404 g/mol. The Morgan fingerprint density at radius 1 is 1.00 bits per heavy atom. The summed E-state index contributed by atoms with van der Waals surface area (Å²) in [6, 6.07) is 6.09. The molecule has 9 heteroatoms. The Labute approximate surface area is 174 Å². The highest BCUT2D eigenvalue weighted by atomic mass is 16.2.